The average Bonchev–Trinajstić information content (AvgIpc) is 2.67. The Labute approximate surface area is 93.8 Å². The van der Waals surface area contributed by atoms with Crippen LogP contribution in [0.2, 0.25) is 0 Å². The highest BCUT2D eigenvalue weighted by molar-refractivity contribution is 6.07. The Morgan fingerprint density at radius 1 is 1.00 bits per heavy atom. The highest BCUT2D eigenvalue weighted by Gasteiger charge is 2.03. The third-order valence-electron chi connectivity index (χ3n) is 2.75. The van der Waals surface area contributed by atoms with E-state index >= 15 is 0 Å². The van der Waals surface area contributed by atoms with Crippen molar-refractivity contribution in [3.8, 4) is 5.75 Å². The first-order chi connectivity index (χ1) is 7.88. The SMILES string of the molecule is [CH2]COc1ccc2c(c1)[nH]c1ccccc12. The fraction of sp³-hybridized carbons (Fsp3) is 0.0714. The van der Waals surface area contributed by atoms with E-state index in [1.54, 1.807) is 0 Å². The Morgan fingerprint density at radius 3 is 2.69 bits per heavy atom. The van der Waals surface area contributed by atoms with E-state index in [1.807, 2.05) is 18.2 Å². The van der Waals surface area contributed by atoms with Crippen LogP contribution in [0.5, 0.6) is 5.75 Å². The minimum Gasteiger partial charge on any atom is -0.494 e. The predicted octanol–water partition coefficient (Wildman–Crippen LogP) is 3.53. The van der Waals surface area contributed by atoms with Crippen molar-refractivity contribution in [3.63, 3.8) is 0 Å². The van der Waals surface area contributed by atoms with Crippen LogP contribution in [0.15, 0.2) is 42.5 Å². The summed E-state index contributed by atoms with van der Waals surface area (Å²) in [4.78, 5) is 3.38. The van der Waals surface area contributed by atoms with Gasteiger partial charge in [-0.25, -0.2) is 0 Å². The molecule has 2 nitrogen and oxygen atoms in total. The van der Waals surface area contributed by atoms with Gasteiger partial charge in [0.1, 0.15) is 5.75 Å². The molecular formula is C14H12NO. The van der Waals surface area contributed by atoms with Gasteiger partial charge in [0.05, 0.1) is 12.1 Å². The number of benzene rings is 2. The minimum absolute atomic E-state index is 0.450. The molecule has 0 unspecified atom stereocenters. The van der Waals surface area contributed by atoms with Crippen molar-refractivity contribution in [2.75, 3.05) is 6.61 Å². The molecule has 0 amide bonds. The van der Waals surface area contributed by atoms with Gasteiger partial charge < -0.3 is 9.72 Å². The van der Waals surface area contributed by atoms with Crippen LogP contribution in [-0.4, -0.2) is 11.6 Å². The molecule has 0 bridgehead atoms. The van der Waals surface area contributed by atoms with Gasteiger partial charge in [0.2, 0.25) is 0 Å². The van der Waals surface area contributed by atoms with Crippen molar-refractivity contribution in [2.45, 2.75) is 0 Å². The van der Waals surface area contributed by atoms with E-state index in [0.29, 0.717) is 6.61 Å². The van der Waals surface area contributed by atoms with Crippen LogP contribution in [-0.2, 0) is 0 Å². The zero-order chi connectivity index (χ0) is 11.0. The molecule has 0 saturated carbocycles. The lowest BCUT2D eigenvalue weighted by Gasteiger charge is -2.01. The van der Waals surface area contributed by atoms with Crippen LogP contribution in [0.1, 0.15) is 0 Å². The molecule has 2 heteroatoms. The van der Waals surface area contributed by atoms with E-state index in [4.69, 9.17) is 4.74 Å². The van der Waals surface area contributed by atoms with Gasteiger partial charge in [-0.1, -0.05) is 18.2 Å². The maximum atomic E-state index is 5.38. The monoisotopic (exact) mass is 210 g/mol. The van der Waals surface area contributed by atoms with Crippen LogP contribution >= 0.6 is 0 Å². The minimum atomic E-state index is 0.450. The summed E-state index contributed by atoms with van der Waals surface area (Å²) in [5.74, 6) is 0.856. The second-order valence-electron chi connectivity index (χ2n) is 3.73. The maximum absolute atomic E-state index is 5.38. The summed E-state index contributed by atoms with van der Waals surface area (Å²) in [5, 5.41) is 2.48. The second kappa shape index (κ2) is 3.56. The quantitative estimate of drug-likeness (QED) is 0.687. The molecule has 0 aliphatic carbocycles. The first kappa shape index (κ1) is 9.28. The lowest BCUT2D eigenvalue weighted by molar-refractivity contribution is 0.361. The first-order valence-electron chi connectivity index (χ1n) is 5.31. The average molecular weight is 210 g/mol. The number of para-hydroxylation sites is 1. The van der Waals surface area contributed by atoms with E-state index in [-0.39, 0.29) is 0 Å². The van der Waals surface area contributed by atoms with Gasteiger partial charge in [-0.3, -0.25) is 0 Å². The van der Waals surface area contributed by atoms with Crippen molar-refractivity contribution < 1.29 is 4.74 Å². The van der Waals surface area contributed by atoms with Crippen molar-refractivity contribution in [2.24, 2.45) is 0 Å². The van der Waals surface area contributed by atoms with Gasteiger partial charge >= 0.3 is 0 Å². The number of rotatable bonds is 2. The van der Waals surface area contributed by atoms with E-state index < -0.39 is 0 Å². The number of ether oxygens (including phenoxy) is 1. The summed E-state index contributed by atoms with van der Waals surface area (Å²) < 4.78 is 5.38. The number of fused-ring (bicyclic) bond motifs is 3. The summed E-state index contributed by atoms with van der Waals surface area (Å²) in [6, 6.07) is 14.4. The molecule has 0 spiro atoms. The number of H-pyrrole nitrogens is 1. The Kier molecular flexibility index (Phi) is 2.07. The molecule has 1 aromatic heterocycles. The van der Waals surface area contributed by atoms with Gasteiger partial charge in [-0.2, -0.15) is 0 Å². The molecule has 0 fully saturated rings. The van der Waals surface area contributed by atoms with Crippen LogP contribution in [0.25, 0.3) is 21.8 Å². The molecule has 0 aliphatic heterocycles. The van der Waals surface area contributed by atoms with Gasteiger partial charge in [0, 0.05) is 22.4 Å². The Morgan fingerprint density at radius 2 is 1.81 bits per heavy atom. The standard InChI is InChI=1S/C14H12NO/c1-2-16-10-7-8-12-11-5-3-4-6-13(11)15-14(12)9-10/h3-9,15H,1-2H2. The van der Waals surface area contributed by atoms with Crippen LogP contribution in [0.3, 0.4) is 0 Å². The largest absolute Gasteiger partial charge is 0.494 e. The number of nitrogens with one attached hydrogen (secondary N) is 1. The fourth-order valence-electron chi connectivity index (χ4n) is 2.04. The summed E-state index contributed by atoms with van der Waals surface area (Å²) >= 11 is 0. The number of aromatic nitrogens is 1. The molecule has 1 heterocycles. The third kappa shape index (κ3) is 1.34. The third-order valence-corrected chi connectivity index (χ3v) is 2.75. The van der Waals surface area contributed by atoms with E-state index in [0.717, 1.165) is 16.8 Å². The van der Waals surface area contributed by atoms with Gasteiger partial charge in [-0.15, -0.1) is 0 Å². The van der Waals surface area contributed by atoms with Gasteiger partial charge in [-0.05, 0) is 25.1 Å². The molecule has 1 N–H and O–H groups in total. The second-order valence-corrected chi connectivity index (χ2v) is 3.73. The smallest absolute Gasteiger partial charge is 0.121 e. The predicted molar refractivity (Wildman–Crippen MR) is 66.7 cm³/mol. The normalized spacial score (nSPS) is 11.1. The first-order valence-corrected chi connectivity index (χ1v) is 5.31. The number of hydrogen-bond donors (Lipinski definition) is 1. The summed E-state index contributed by atoms with van der Waals surface area (Å²) in [6.45, 7) is 4.12. The molecule has 16 heavy (non-hydrogen) atoms. The van der Waals surface area contributed by atoms with Crippen molar-refractivity contribution in [1.29, 1.82) is 0 Å². The van der Waals surface area contributed by atoms with Crippen LogP contribution < -0.4 is 4.74 Å². The summed E-state index contributed by atoms with van der Waals surface area (Å²) in [5.41, 5.74) is 2.26. The lowest BCUT2D eigenvalue weighted by Crippen LogP contribution is -1.90. The molecule has 3 rings (SSSR count). The molecule has 0 saturated heterocycles. The number of aromatic amines is 1. The molecule has 1 radical (unpaired) electrons. The summed E-state index contributed by atoms with van der Waals surface area (Å²) in [7, 11) is 0. The topological polar surface area (TPSA) is 25.0 Å². The Hall–Kier alpha value is -1.96. The summed E-state index contributed by atoms with van der Waals surface area (Å²) in [6.07, 6.45) is 0. The van der Waals surface area contributed by atoms with Gasteiger partial charge in [0.25, 0.3) is 0 Å². The highest BCUT2D eigenvalue weighted by atomic mass is 16.5. The molecule has 2 aromatic carbocycles. The Bertz CT molecular complexity index is 639. The molecule has 3 aromatic rings. The van der Waals surface area contributed by atoms with E-state index in [9.17, 15) is 0 Å². The highest BCUT2D eigenvalue weighted by Crippen LogP contribution is 2.27. The van der Waals surface area contributed by atoms with E-state index in [1.165, 1.54) is 10.8 Å². The molecular weight excluding hydrogens is 198 g/mol. The zero-order valence-electron chi connectivity index (χ0n) is 8.86. The van der Waals surface area contributed by atoms with Crippen molar-refractivity contribution in [1.82, 2.24) is 4.98 Å². The fourth-order valence-corrected chi connectivity index (χ4v) is 2.04. The number of hydrogen-bond acceptors (Lipinski definition) is 1. The Balaban J connectivity index is 2.28. The van der Waals surface area contributed by atoms with E-state index in [2.05, 4.69) is 36.2 Å². The molecule has 79 valence electrons. The maximum Gasteiger partial charge on any atom is 0.121 e. The van der Waals surface area contributed by atoms with Crippen molar-refractivity contribution >= 4 is 21.8 Å². The van der Waals surface area contributed by atoms with Gasteiger partial charge in [0.15, 0.2) is 0 Å². The molecule has 0 aliphatic rings. The zero-order valence-corrected chi connectivity index (χ0v) is 8.86. The van der Waals surface area contributed by atoms with Crippen molar-refractivity contribution in [3.05, 3.63) is 49.4 Å². The van der Waals surface area contributed by atoms with Crippen LogP contribution in [0, 0.1) is 6.92 Å². The van der Waals surface area contributed by atoms with Crippen LogP contribution in [0.4, 0.5) is 0 Å². The molecule has 0 atom stereocenters. The lowest BCUT2D eigenvalue weighted by atomic mass is 10.1.